The maximum Gasteiger partial charge on any atom is 0.315 e. The van der Waals surface area contributed by atoms with Gasteiger partial charge in [0.15, 0.2) is 0 Å². The van der Waals surface area contributed by atoms with Crippen LogP contribution in [-0.4, -0.2) is 23.1 Å². The Balaban J connectivity index is 2.29. The Morgan fingerprint density at radius 1 is 1.37 bits per heavy atom. The molecule has 1 aromatic carbocycles. The molecule has 0 heterocycles. The maximum atomic E-state index is 11.6. The number of carboxylic acid groups (broad SMARTS) is 1. The normalized spacial score (nSPS) is 11.7. The Kier molecular flexibility index (Phi) is 5.85. The van der Waals surface area contributed by atoms with E-state index in [1.165, 1.54) is 0 Å². The molecule has 0 radical (unpaired) electrons. The molecule has 104 valence electrons. The van der Waals surface area contributed by atoms with Gasteiger partial charge in [0.25, 0.3) is 0 Å². The van der Waals surface area contributed by atoms with Gasteiger partial charge in [-0.05, 0) is 25.8 Å². The SMILES string of the molecule is Cc1cccc(CNC(=O)NC(C)CCC(=O)O)c1. The molecular weight excluding hydrogens is 244 g/mol. The molecule has 0 aliphatic rings. The van der Waals surface area contributed by atoms with Crippen LogP contribution >= 0.6 is 0 Å². The summed E-state index contributed by atoms with van der Waals surface area (Å²) in [5, 5.41) is 14.0. The second-order valence-corrected chi connectivity index (χ2v) is 4.65. The summed E-state index contributed by atoms with van der Waals surface area (Å²) in [6, 6.07) is 7.46. The third-order valence-electron chi connectivity index (χ3n) is 2.70. The van der Waals surface area contributed by atoms with Crippen molar-refractivity contribution in [2.24, 2.45) is 0 Å². The zero-order valence-corrected chi connectivity index (χ0v) is 11.3. The van der Waals surface area contributed by atoms with Crippen molar-refractivity contribution >= 4 is 12.0 Å². The van der Waals surface area contributed by atoms with Crippen LogP contribution in [0.15, 0.2) is 24.3 Å². The van der Waals surface area contributed by atoms with E-state index >= 15 is 0 Å². The Bertz CT molecular complexity index is 446. The highest BCUT2D eigenvalue weighted by Crippen LogP contribution is 2.03. The number of nitrogens with one attached hydrogen (secondary N) is 2. The molecule has 0 aliphatic carbocycles. The van der Waals surface area contributed by atoms with Gasteiger partial charge in [0, 0.05) is 19.0 Å². The molecule has 2 amide bonds. The van der Waals surface area contributed by atoms with Crippen LogP contribution in [0.4, 0.5) is 4.79 Å². The number of aryl methyl sites for hydroxylation is 1. The van der Waals surface area contributed by atoms with Crippen molar-refractivity contribution in [2.45, 2.75) is 39.3 Å². The first kappa shape index (κ1) is 15.0. The van der Waals surface area contributed by atoms with Crippen LogP contribution in [0, 0.1) is 6.92 Å². The molecule has 0 saturated heterocycles. The summed E-state index contributed by atoms with van der Waals surface area (Å²) in [5.74, 6) is -0.853. The van der Waals surface area contributed by atoms with Gasteiger partial charge >= 0.3 is 12.0 Å². The molecular formula is C14H20N2O3. The van der Waals surface area contributed by atoms with E-state index in [0.717, 1.165) is 11.1 Å². The molecule has 19 heavy (non-hydrogen) atoms. The summed E-state index contributed by atoms with van der Waals surface area (Å²) < 4.78 is 0. The Hall–Kier alpha value is -2.04. The molecule has 5 heteroatoms. The number of carbonyl (C=O) groups excluding carboxylic acids is 1. The van der Waals surface area contributed by atoms with Gasteiger partial charge in [-0.15, -0.1) is 0 Å². The summed E-state index contributed by atoms with van der Waals surface area (Å²) in [6.45, 7) is 4.24. The van der Waals surface area contributed by atoms with Crippen LogP contribution < -0.4 is 10.6 Å². The molecule has 1 aromatic rings. The van der Waals surface area contributed by atoms with Gasteiger partial charge in [0.2, 0.25) is 0 Å². The second-order valence-electron chi connectivity index (χ2n) is 4.65. The monoisotopic (exact) mass is 264 g/mol. The van der Waals surface area contributed by atoms with Gasteiger partial charge in [0.05, 0.1) is 0 Å². The van der Waals surface area contributed by atoms with Gasteiger partial charge < -0.3 is 15.7 Å². The third-order valence-corrected chi connectivity index (χ3v) is 2.70. The molecule has 0 bridgehead atoms. The lowest BCUT2D eigenvalue weighted by atomic mass is 10.1. The van der Waals surface area contributed by atoms with E-state index in [1.807, 2.05) is 31.2 Å². The lowest BCUT2D eigenvalue weighted by Crippen LogP contribution is -2.40. The zero-order valence-electron chi connectivity index (χ0n) is 11.3. The fourth-order valence-corrected chi connectivity index (χ4v) is 1.69. The third kappa shape index (κ3) is 6.45. The summed E-state index contributed by atoms with van der Waals surface area (Å²) in [5.41, 5.74) is 2.18. The number of carbonyl (C=O) groups is 2. The van der Waals surface area contributed by atoms with E-state index in [0.29, 0.717) is 13.0 Å². The fraction of sp³-hybridized carbons (Fsp3) is 0.429. The molecule has 0 aliphatic heterocycles. The second kappa shape index (κ2) is 7.41. The lowest BCUT2D eigenvalue weighted by Gasteiger charge is -2.13. The zero-order chi connectivity index (χ0) is 14.3. The summed E-state index contributed by atoms with van der Waals surface area (Å²) in [6.07, 6.45) is 0.479. The average Bonchev–Trinajstić information content (AvgIpc) is 2.34. The van der Waals surface area contributed by atoms with E-state index in [2.05, 4.69) is 10.6 Å². The van der Waals surface area contributed by atoms with E-state index in [-0.39, 0.29) is 18.5 Å². The minimum absolute atomic E-state index is 0.0549. The number of hydrogen-bond donors (Lipinski definition) is 3. The molecule has 1 atom stereocenters. The molecule has 3 N–H and O–H groups in total. The first-order valence-corrected chi connectivity index (χ1v) is 6.29. The number of benzene rings is 1. The van der Waals surface area contributed by atoms with Crippen molar-refractivity contribution in [1.82, 2.24) is 10.6 Å². The highest BCUT2D eigenvalue weighted by Gasteiger charge is 2.08. The molecule has 0 aromatic heterocycles. The van der Waals surface area contributed by atoms with Crippen molar-refractivity contribution in [3.63, 3.8) is 0 Å². The number of aliphatic carboxylic acids is 1. The van der Waals surface area contributed by atoms with Gasteiger partial charge in [-0.3, -0.25) is 4.79 Å². The van der Waals surface area contributed by atoms with Gasteiger partial charge in [-0.1, -0.05) is 29.8 Å². The molecule has 1 unspecified atom stereocenters. The van der Waals surface area contributed by atoms with Crippen LogP contribution in [0.3, 0.4) is 0 Å². The predicted molar refractivity (Wildman–Crippen MR) is 72.9 cm³/mol. The topological polar surface area (TPSA) is 78.4 Å². The minimum Gasteiger partial charge on any atom is -0.481 e. The van der Waals surface area contributed by atoms with Crippen molar-refractivity contribution < 1.29 is 14.7 Å². The fourth-order valence-electron chi connectivity index (χ4n) is 1.69. The predicted octanol–water partition coefficient (Wildman–Crippen LogP) is 2.05. The minimum atomic E-state index is -0.853. The molecule has 5 nitrogen and oxygen atoms in total. The van der Waals surface area contributed by atoms with E-state index in [4.69, 9.17) is 5.11 Å². The van der Waals surface area contributed by atoms with E-state index in [1.54, 1.807) is 6.92 Å². The summed E-state index contributed by atoms with van der Waals surface area (Å²) in [7, 11) is 0. The summed E-state index contributed by atoms with van der Waals surface area (Å²) in [4.78, 5) is 22.0. The number of carboxylic acids is 1. The van der Waals surface area contributed by atoms with Crippen molar-refractivity contribution in [2.75, 3.05) is 0 Å². The largest absolute Gasteiger partial charge is 0.481 e. The van der Waals surface area contributed by atoms with Gasteiger partial charge in [0.1, 0.15) is 0 Å². The Morgan fingerprint density at radius 3 is 2.74 bits per heavy atom. The smallest absolute Gasteiger partial charge is 0.315 e. The van der Waals surface area contributed by atoms with Crippen LogP contribution in [-0.2, 0) is 11.3 Å². The van der Waals surface area contributed by atoms with Gasteiger partial charge in [-0.25, -0.2) is 4.79 Å². The number of rotatable bonds is 6. The van der Waals surface area contributed by atoms with Crippen LogP contribution in [0.1, 0.15) is 30.9 Å². The van der Waals surface area contributed by atoms with Crippen LogP contribution in [0.25, 0.3) is 0 Å². The molecule has 0 saturated carbocycles. The van der Waals surface area contributed by atoms with Gasteiger partial charge in [-0.2, -0.15) is 0 Å². The quantitative estimate of drug-likeness (QED) is 0.735. The van der Waals surface area contributed by atoms with E-state index in [9.17, 15) is 9.59 Å². The molecule has 1 rings (SSSR count). The van der Waals surface area contributed by atoms with Crippen molar-refractivity contribution in [3.8, 4) is 0 Å². The highest BCUT2D eigenvalue weighted by molar-refractivity contribution is 5.74. The number of amides is 2. The standard InChI is InChI=1S/C14H20N2O3/c1-10-4-3-5-12(8-10)9-15-14(19)16-11(2)6-7-13(17)18/h3-5,8,11H,6-7,9H2,1-2H3,(H,17,18)(H2,15,16,19). The van der Waals surface area contributed by atoms with Crippen LogP contribution in [0.2, 0.25) is 0 Å². The first-order valence-electron chi connectivity index (χ1n) is 6.29. The Morgan fingerprint density at radius 2 is 2.11 bits per heavy atom. The number of hydrogen-bond acceptors (Lipinski definition) is 2. The highest BCUT2D eigenvalue weighted by atomic mass is 16.4. The molecule has 0 fully saturated rings. The maximum absolute atomic E-state index is 11.6. The number of urea groups is 1. The van der Waals surface area contributed by atoms with Crippen LogP contribution in [0.5, 0.6) is 0 Å². The van der Waals surface area contributed by atoms with E-state index < -0.39 is 5.97 Å². The van der Waals surface area contributed by atoms with Crippen molar-refractivity contribution in [1.29, 1.82) is 0 Å². The first-order chi connectivity index (χ1) is 8.97. The summed E-state index contributed by atoms with van der Waals surface area (Å²) >= 11 is 0. The Labute approximate surface area is 113 Å². The lowest BCUT2D eigenvalue weighted by molar-refractivity contribution is -0.137. The average molecular weight is 264 g/mol. The molecule has 0 spiro atoms. The van der Waals surface area contributed by atoms with Crippen molar-refractivity contribution in [3.05, 3.63) is 35.4 Å².